The van der Waals surface area contributed by atoms with Gasteiger partial charge in [-0.3, -0.25) is 4.57 Å². The molecule has 3 atom stereocenters. The first-order valence-electron chi connectivity index (χ1n) is 20.1. The molecular formula is C44H57N5O8Si2. The van der Waals surface area contributed by atoms with E-state index in [0.29, 0.717) is 41.5 Å². The van der Waals surface area contributed by atoms with Gasteiger partial charge in [0.2, 0.25) is 0 Å². The van der Waals surface area contributed by atoms with Crippen molar-refractivity contribution in [1.82, 2.24) is 14.9 Å². The summed E-state index contributed by atoms with van der Waals surface area (Å²) in [4.78, 5) is 30.6. The Morgan fingerprint density at radius 3 is 2.32 bits per heavy atom. The third-order valence-electron chi connectivity index (χ3n) is 11.8. The van der Waals surface area contributed by atoms with Crippen molar-refractivity contribution in [2.24, 2.45) is 0 Å². The Morgan fingerprint density at radius 2 is 1.66 bits per heavy atom. The summed E-state index contributed by atoms with van der Waals surface area (Å²) < 4.78 is 39.8. The van der Waals surface area contributed by atoms with Gasteiger partial charge in [-0.15, -0.1) is 0 Å². The number of benzene rings is 3. The molecule has 1 fully saturated rings. The summed E-state index contributed by atoms with van der Waals surface area (Å²) in [6, 6.07) is 22.4. The quantitative estimate of drug-likeness (QED) is 0.0860. The molecule has 0 bridgehead atoms. The van der Waals surface area contributed by atoms with Crippen molar-refractivity contribution >= 4 is 34.2 Å². The van der Waals surface area contributed by atoms with E-state index >= 15 is 0 Å². The second kappa shape index (κ2) is 17.3. The summed E-state index contributed by atoms with van der Waals surface area (Å²) in [6.07, 6.45) is 0.163. The fourth-order valence-corrected chi connectivity index (χ4v) is 8.54. The number of nitrogens with one attached hydrogen (secondary N) is 2. The van der Waals surface area contributed by atoms with Crippen LogP contribution in [0.3, 0.4) is 0 Å². The zero-order valence-corrected chi connectivity index (χ0v) is 37.8. The number of aromatic nitrogens is 2. The number of hydrogen-bond acceptors (Lipinski definition) is 11. The monoisotopic (exact) mass is 839 g/mol. The standard InChI is InChI=1S/C44H57N5O8Si2/c1-43(2,3)58(7,8)54-28-37-33(57-59(9,10)44(4,5)6)24-38(56-37)49-26-36-40(48-41(49)50)47-39-34(52-21-20-46-42(51)53-27-30-14-12-11-13-15-30)22-32(23-35(39)55-36)31-18-16-29(25-45)17-19-31/h11-19,22-23,26,33,37-38H,20-21,24,27-28H2,1-10H3,(H,46,51)(H,47,48,50)/t33-,37+,38+/m0/s1. The highest BCUT2D eigenvalue weighted by atomic mass is 28.4. The largest absolute Gasteiger partial charge is 0.489 e. The normalized spacial score (nSPS) is 17.8. The lowest BCUT2D eigenvalue weighted by atomic mass is 10.0. The van der Waals surface area contributed by atoms with Crippen LogP contribution in [0.5, 0.6) is 17.2 Å². The third-order valence-corrected chi connectivity index (χ3v) is 20.8. The van der Waals surface area contributed by atoms with Crippen molar-refractivity contribution < 1.29 is 32.6 Å². The van der Waals surface area contributed by atoms with E-state index in [4.69, 9.17) is 27.8 Å². The van der Waals surface area contributed by atoms with Crippen LogP contribution in [0, 0.1) is 11.3 Å². The van der Waals surface area contributed by atoms with Crippen molar-refractivity contribution in [3.05, 3.63) is 94.5 Å². The molecule has 15 heteroatoms. The minimum atomic E-state index is -2.23. The molecule has 3 heterocycles. The van der Waals surface area contributed by atoms with Crippen molar-refractivity contribution in [2.45, 2.75) is 109 Å². The second-order valence-electron chi connectivity index (χ2n) is 18.1. The third kappa shape index (κ3) is 10.3. The molecule has 0 radical (unpaired) electrons. The highest BCUT2D eigenvalue weighted by molar-refractivity contribution is 6.74. The van der Waals surface area contributed by atoms with E-state index in [9.17, 15) is 14.9 Å². The summed E-state index contributed by atoms with van der Waals surface area (Å²) >= 11 is 0. The van der Waals surface area contributed by atoms with E-state index in [-0.39, 0.29) is 47.9 Å². The smallest absolute Gasteiger partial charge is 0.407 e. The predicted octanol–water partition coefficient (Wildman–Crippen LogP) is 9.64. The molecule has 4 aromatic rings. The van der Waals surface area contributed by atoms with E-state index < -0.39 is 34.6 Å². The first-order valence-corrected chi connectivity index (χ1v) is 25.9. The molecule has 6 rings (SSSR count). The highest BCUT2D eigenvalue weighted by Crippen LogP contribution is 2.48. The number of rotatable bonds is 13. The molecule has 0 saturated carbocycles. The Labute approximate surface area is 349 Å². The van der Waals surface area contributed by atoms with Crippen LogP contribution in [0.15, 0.2) is 77.7 Å². The highest BCUT2D eigenvalue weighted by Gasteiger charge is 2.47. The first-order chi connectivity index (χ1) is 27.7. The van der Waals surface area contributed by atoms with Crippen LogP contribution in [0.4, 0.5) is 16.3 Å². The number of carbonyl (C=O) groups excluding carboxylic acids is 1. The molecule has 2 aliphatic rings. The molecule has 13 nitrogen and oxygen atoms in total. The summed E-state index contributed by atoms with van der Waals surface area (Å²) in [5.74, 6) is 1.40. The molecule has 0 spiro atoms. The molecule has 0 aliphatic carbocycles. The van der Waals surface area contributed by atoms with Crippen molar-refractivity contribution in [3.63, 3.8) is 0 Å². The number of nitriles is 1. The number of hydrogen-bond donors (Lipinski definition) is 2. The number of amides is 1. The van der Waals surface area contributed by atoms with Crippen LogP contribution in [0.1, 0.15) is 65.3 Å². The van der Waals surface area contributed by atoms with Gasteiger partial charge < -0.3 is 38.4 Å². The van der Waals surface area contributed by atoms with Gasteiger partial charge in [0.05, 0.1) is 37.1 Å². The van der Waals surface area contributed by atoms with Crippen molar-refractivity contribution in [2.75, 3.05) is 25.1 Å². The van der Waals surface area contributed by atoms with Gasteiger partial charge in [0, 0.05) is 6.42 Å². The number of ether oxygens (including phenoxy) is 4. The maximum atomic E-state index is 13.8. The molecule has 0 unspecified atom stereocenters. The summed E-state index contributed by atoms with van der Waals surface area (Å²) in [5, 5.41) is 15.3. The SMILES string of the molecule is CC(C)(C)[Si](C)(C)OC[C@H]1O[C@@H](n2cc3c(nc2=O)Nc2c(OCCNC(=O)OCc4ccccc4)cc(-c4ccc(C#N)cc4)cc2O3)C[C@@H]1O[Si](C)(C)C(C)(C)C. The van der Waals surface area contributed by atoms with Crippen LogP contribution >= 0.6 is 0 Å². The minimum Gasteiger partial charge on any atom is -0.489 e. The average molecular weight is 840 g/mol. The zero-order chi connectivity index (χ0) is 42.8. The van der Waals surface area contributed by atoms with Gasteiger partial charge in [0.1, 0.15) is 37.0 Å². The van der Waals surface area contributed by atoms with Crippen molar-refractivity contribution in [3.8, 4) is 34.4 Å². The first kappa shape index (κ1) is 43.6. The molecule has 59 heavy (non-hydrogen) atoms. The number of anilines is 2. The van der Waals surface area contributed by atoms with Gasteiger partial charge in [0.25, 0.3) is 0 Å². The Balaban J connectivity index is 1.24. The predicted molar refractivity (Wildman–Crippen MR) is 232 cm³/mol. The average Bonchev–Trinajstić information content (AvgIpc) is 3.57. The molecule has 314 valence electrons. The van der Waals surface area contributed by atoms with Crippen LogP contribution in [-0.2, 0) is 24.9 Å². The molecule has 2 N–H and O–H groups in total. The summed E-state index contributed by atoms with van der Waals surface area (Å²) in [5.41, 5.74) is 2.95. The number of fused-ring (bicyclic) bond motifs is 2. The van der Waals surface area contributed by atoms with Gasteiger partial charge in [-0.2, -0.15) is 10.2 Å². The number of alkyl carbamates (subject to hydrolysis) is 1. The summed E-state index contributed by atoms with van der Waals surface area (Å²) in [7, 11) is -4.34. The van der Waals surface area contributed by atoms with Crippen LogP contribution in [0.2, 0.25) is 36.3 Å². The van der Waals surface area contributed by atoms with Crippen LogP contribution in [-0.4, -0.2) is 64.2 Å². The molecule has 2 aliphatic heterocycles. The van der Waals surface area contributed by atoms with E-state index in [0.717, 1.165) is 16.7 Å². The fraction of sp³-hybridized carbons (Fsp3) is 0.455. The van der Waals surface area contributed by atoms with Gasteiger partial charge in [0.15, 0.2) is 34.0 Å². The molecular weight excluding hydrogens is 783 g/mol. The van der Waals surface area contributed by atoms with Gasteiger partial charge in [-0.25, -0.2) is 9.59 Å². The van der Waals surface area contributed by atoms with E-state index in [1.54, 1.807) is 18.3 Å². The van der Waals surface area contributed by atoms with Crippen LogP contribution in [0.25, 0.3) is 11.1 Å². The molecule has 1 amide bonds. The van der Waals surface area contributed by atoms with Gasteiger partial charge in [-0.1, -0.05) is 84.0 Å². The lowest BCUT2D eigenvalue weighted by molar-refractivity contribution is -0.0413. The van der Waals surface area contributed by atoms with Gasteiger partial charge in [-0.05, 0) is 77.2 Å². The van der Waals surface area contributed by atoms with Crippen LogP contribution < -0.4 is 25.8 Å². The Morgan fingerprint density at radius 1 is 0.966 bits per heavy atom. The lowest BCUT2D eigenvalue weighted by Gasteiger charge is -2.40. The fourth-order valence-electron chi connectivity index (χ4n) is 6.17. The maximum absolute atomic E-state index is 13.8. The topological polar surface area (TPSA) is 155 Å². The van der Waals surface area contributed by atoms with Crippen molar-refractivity contribution in [1.29, 1.82) is 5.26 Å². The Bertz CT molecular complexity index is 2230. The van der Waals surface area contributed by atoms with Gasteiger partial charge >= 0.3 is 11.8 Å². The Kier molecular flexibility index (Phi) is 12.8. The van der Waals surface area contributed by atoms with E-state index in [1.807, 2.05) is 54.6 Å². The minimum absolute atomic E-state index is 0.0131. The zero-order valence-electron chi connectivity index (χ0n) is 35.8. The number of carbonyl (C=O) groups is 1. The van der Waals surface area contributed by atoms with E-state index in [1.165, 1.54) is 4.57 Å². The second-order valence-corrected chi connectivity index (χ2v) is 27.7. The number of nitrogens with zero attached hydrogens (tertiary/aromatic N) is 3. The lowest BCUT2D eigenvalue weighted by Crippen LogP contribution is -2.48. The molecule has 1 aromatic heterocycles. The molecule has 1 saturated heterocycles. The Hall–Kier alpha value is -4.99. The maximum Gasteiger partial charge on any atom is 0.407 e. The molecule has 3 aromatic carbocycles. The summed E-state index contributed by atoms with van der Waals surface area (Å²) in [6.45, 7) is 22.9. The van der Waals surface area contributed by atoms with E-state index in [2.05, 4.69) is 89.4 Å².